The van der Waals surface area contributed by atoms with Crippen LogP contribution in [0.15, 0.2) is 48.5 Å². The van der Waals surface area contributed by atoms with Crippen LogP contribution in [0.5, 0.6) is 0 Å². The molecule has 0 amide bonds. The molecule has 0 radical (unpaired) electrons. The minimum atomic E-state index is 0.208. The normalized spacial score (nSPS) is 11.6. The van der Waals surface area contributed by atoms with Crippen molar-refractivity contribution in [2.24, 2.45) is 0 Å². The van der Waals surface area contributed by atoms with Crippen LogP contribution < -0.4 is 0 Å². The fourth-order valence-electron chi connectivity index (χ4n) is 2.42. The Hall–Kier alpha value is -1.56. The first-order chi connectivity index (χ1) is 8.48. The Morgan fingerprint density at radius 2 is 1.33 bits per heavy atom. The Morgan fingerprint density at radius 1 is 0.778 bits per heavy atom. The van der Waals surface area contributed by atoms with Gasteiger partial charge in [0.1, 0.15) is 0 Å². The smallest absolute Gasteiger partial charge is 0.00202 e. The van der Waals surface area contributed by atoms with Gasteiger partial charge in [-0.1, -0.05) is 69.3 Å². The molecule has 2 rings (SSSR count). The molecule has 0 nitrogen and oxygen atoms in total. The molecule has 18 heavy (non-hydrogen) atoms. The van der Waals surface area contributed by atoms with E-state index in [0.717, 1.165) is 6.42 Å². The highest BCUT2D eigenvalue weighted by Crippen LogP contribution is 2.27. The molecule has 0 fully saturated rings. The summed E-state index contributed by atoms with van der Waals surface area (Å²) in [5.74, 6) is 0. The van der Waals surface area contributed by atoms with Gasteiger partial charge in [0.05, 0.1) is 0 Å². The van der Waals surface area contributed by atoms with Crippen LogP contribution in [0.3, 0.4) is 0 Å². The molecular formula is C18H22. The van der Waals surface area contributed by atoms with Crippen molar-refractivity contribution < 1.29 is 0 Å². The fraction of sp³-hybridized carbons (Fsp3) is 0.333. The summed E-state index contributed by atoms with van der Waals surface area (Å²) >= 11 is 0. The molecule has 0 aromatic heterocycles. The van der Waals surface area contributed by atoms with Crippen molar-refractivity contribution >= 4 is 0 Å². The van der Waals surface area contributed by atoms with Crippen LogP contribution in [-0.4, -0.2) is 0 Å². The molecule has 94 valence electrons. The van der Waals surface area contributed by atoms with E-state index in [9.17, 15) is 0 Å². The van der Waals surface area contributed by atoms with Gasteiger partial charge in [0.15, 0.2) is 0 Å². The zero-order valence-corrected chi connectivity index (χ0v) is 11.8. The molecule has 0 heterocycles. The first-order valence-corrected chi connectivity index (χ1v) is 6.61. The third-order valence-corrected chi connectivity index (χ3v) is 3.47. The summed E-state index contributed by atoms with van der Waals surface area (Å²) in [5, 5.41) is 0. The van der Waals surface area contributed by atoms with Crippen molar-refractivity contribution in [1.82, 2.24) is 0 Å². The zero-order chi connectivity index (χ0) is 13.2. The van der Waals surface area contributed by atoms with Crippen molar-refractivity contribution in [2.75, 3.05) is 0 Å². The molecule has 0 spiro atoms. The zero-order valence-electron chi connectivity index (χ0n) is 11.8. The van der Waals surface area contributed by atoms with Crippen molar-refractivity contribution in [3.63, 3.8) is 0 Å². The van der Waals surface area contributed by atoms with Crippen LogP contribution in [0.2, 0.25) is 0 Å². The van der Waals surface area contributed by atoms with Crippen LogP contribution in [0.1, 0.15) is 43.0 Å². The third-order valence-electron chi connectivity index (χ3n) is 3.47. The summed E-state index contributed by atoms with van der Waals surface area (Å²) in [6, 6.07) is 17.5. The molecular weight excluding hydrogens is 216 g/mol. The summed E-state index contributed by atoms with van der Waals surface area (Å²) in [6.07, 6.45) is 1.03. The van der Waals surface area contributed by atoms with E-state index in [1.165, 1.54) is 22.3 Å². The van der Waals surface area contributed by atoms with E-state index in [1.807, 2.05) is 0 Å². The molecule has 0 unspecified atom stereocenters. The number of benzene rings is 2. The van der Waals surface area contributed by atoms with Crippen molar-refractivity contribution in [3.05, 3.63) is 70.8 Å². The maximum atomic E-state index is 2.28. The van der Waals surface area contributed by atoms with Gasteiger partial charge in [-0.05, 0) is 41.0 Å². The number of rotatable bonds is 2. The predicted octanol–water partition coefficient (Wildman–Crippen LogP) is 4.88. The maximum absolute atomic E-state index is 2.28. The average molecular weight is 238 g/mol. The average Bonchev–Trinajstić information content (AvgIpc) is 2.31. The van der Waals surface area contributed by atoms with Crippen molar-refractivity contribution in [3.8, 4) is 0 Å². The van der Waals surface area contributed by atoms with Crippen molar-refractivity contribution in [2.45, 2.75) is 39.5 Å². The van der Waals surface area contributed by atoms with E-state index in [2.05, 4.69) is 76.2 Å². The topological polar surface area (TPSA) is 0 Å². The van der Waals surface area contributed by atoms with E-state index in [1.54, 1.807) is 0 Å². The molecule has 0 aliphatic carbocycles. The highest BCUT2D eigenvalue weighted by molar-refractivity contribution is 5.38. The molecule has 0 aliphatic rings. The minimum absolute atomic E-state index is 0.208. The summed E-state index contributed by atoms with van der Waals surface area (Å²) in [6.45, 7) is 9.03. The highest BCUT2D eigenvalue weighted by atomic mass is 14.2. The maximum Gasteiger partial charge on any atom is -0.00202 e. The molecule has 2 aromatic rings. The van der Waals surface area contributed by atoms with Crippen LogP contribution in [0.4, 0.5) is 0 Å². The lowest BCUT2D eigenvalue weighted by Crippen LogP contribution is -2.14. The van der Waals surface area contributed by atoms with Crippen LogP contribution in [0, 0.1) is 6.92 Å². The summed E-state index contributed by atoms with van der Waals surface area (Å²) in [4.78, 5) is 0. The van der Waals surface area contributed by atoms with Gasteiger partial charge in [-0.3, -0.25) is 0 Å². The standard InChI is InChI=1S/C18H22/c1-14-9-5-6-10-15(14)13-16-11-7-8-12-17(16)18(2,3)4/h5-12H,13H2,1-4H3. The summed E-state index contributed by atoms with van der Waals surface area (Å²) < 4.78 is 0. The van der Waals surface area contributed by atoms with E-state index in [4.69, 9.17) is 0 Å². The fourth-order valence-corrected chi connectivity index (χ4v) is 2.42. The molecule has 0 saturated carbocycles. The molecule has 0 bridgehead atoms. The predicted molar refractivity (Wildman–Crippen MR) is 79.1 cm³/mol. The van der Waals surface area contributed by atoms with Gasteiger partial charge in [-0.25, -0.2) is 0 Å². The van der Waals surface area contributed by atoms with E-state index >= 15 is 0 Å². The molecule has 0 atom stereocenters. The first kappa shape index (κ1) is 12.9. The largest absolute Gasteiger partial charge is 0.0620 e. The quantitative estimate of drug-likeness (QED) is 0.699. The monoisotopic (exact) mass is 238 g/mol. The van der Waals surface area contributed by atoms with Gasteiger partial charge in [0, 0.05) is 0 Å². The lowest BCUT2D eigenvalue weighted by Gasteiger charge is -2.23. The van der Waals surface area contributed by atoms with Crippen molar-refractivity contribution in [1.29, 1.82) is 0 Å². The van der Waals surface area contributed by atoms with E-state index in [-0.39, 0.29) is 5.41 Å². The van der Waals surface area contributed by atoms with Gasteiger partial charge in [-0.15, -0.1) is 0 Å². The second-order valence-electron chi connectivity index (χ2n) is 6.01. The molecule has 0 aliphatic heterocycles. The van der Waals surface area contributed by atoms with Gasteiger partial charge >= 0.3 is 0 Å². The van der Waals surface area contributed by atoms with Gasteiger partial charge in [0.2, 0.25) is 0 Å². The van der Waals surface area contributed by atoms with Crippen LogP contribution >= 0.6 is 0 Å². The van der Waals surface area contributed by atoms with E-state index < -0.39 is 0 Å². The molecule has 0 saturated heterocycles. The van der Waals surface area contributed by atoms with Crippen LogP contribution in [-0.2, 0) is 11.8 Å². The Morgan fingerprint density at radius 3 is 1.94 bits per heavy atom. The number of hydrogen-bond donors (Lipinski definition) is 0. The Bertz CT molecular complexity index is 530. The lowest BCUT2D eigenvalue weighted by atomic mass is 9.82. The first-order valence-electron chi connectivity index (χ1n) is 6.61. The Balaban J connectivity index is 2.39. The van der Waals surface area contributed by atoms with E-state index in [0.29, 0.717) is 0 Å². The molecule has 0 heteroatoms. The molecule has 2 aromatic carbocycles. The lowest BCUT2D eigenvalue weighted by molar-refractivity contribution is 0.584. The Labute approximate surface area is 111 Å². The second-order valence-corrected chi connectivity index (χ2v) is 6.01. The molecule has 0 N–H and O–H groups in total. The van der Waals surface area contributed by atoms with Gasteiger partial charge in [0.25, 0.3) is 0 Å². The third kappa shape index (κ3) is 2.81. The second kappa shape index (κ2) is 4.97. The van der Waals surface area contributed by atoms with Gasteiger partial charge in [-0.2, -0.15) is 0 Å². The number of aryl methyl sites for hydroxylation is 1. The summed E-state index contributed by atoms with van der Waals surface area (Å²) in [5.41, 5.74) is 5.90. The SMILES string of the molecule is Cc1ccccc1Cc1ccccc1C(C)(C)C. The highest BCUT2D eigenvalue weighted by Gasteiger charge is 2.17. The summed E-state index contributed by atoms with van der Waals surface area (Å²) in [7, 11) is 0. The Kier molecular flexibility index (Phi) is 3.56. The number of hydrogen-bond acceptors (Lipinski definition) is 0. The minimum Gasteiger partial charge on any atom is -0.0620 e. The van der Waals surface area contributed by atoms with Crippen LogP contribution in [0.25, 0.3) is 0 Å². The van der Waals surface area contributed by atoms with Gasteiger partial charge < -0.3 is 0 Å².